The molecule has 5 aromatic rings. The van der Waals surface area contributed by atoms with Gasteiger partial charge in [0.25, 0.3) is 0 Å². The standard InChI is InChI=1S/C18H10Cl2N6O/c19-13-6-5-10(7-14(13)20)26-17-12(8-22-26)18-23-16(24-25(18)9-21-17)11-3-1-2-4-15(11)27/h1-9,27H. The monoisotopic (exact) mass is 396 g/mol. The Morgan fingerprint density at radius 1 is 0.963 bits per heavy atom. The molecule has 0 saturated carbocycles. The Hall–Kier alpha value is -3.16. The Bertz CT molecular complexity index is 1330. The number of hydrogen-bond donors (Lipinski definition) is 1. The third-order valence-electron chi connectivity index (χ3n) is 4.20. The zero-order valence-electron chi connectivity index (χ0n) is 13.6. The van der Waals surface area contributed by atoms with Crippen LogP contribution in [0.4, 0.5) is 0 Å². The summed E-state index contributed by atoms with van der Waals surface area (Å²) in [7, 11) is 0. The molecule has 0 radical (unpaired) electrons. The van der Waals surface area contributed by atoms with Gasteiger partial charge in [-0.25, -0.2) is 19.2 Å². The quantitative estimate of drug-likeness (QED) is 0.484. The van der Waals surface area contributed by atoms with Crippen molar-refractivity contribution < 1.29 is 5.11 Å². The molecular formula is C18H10Cl2N6O. The Balaban J connectivity index is 1.71. The molecular weight excluding hydrogens is 387 g/mol. The molecule has 0 amide bonds. The maximum absolute atomic E-state index is 10.1. The highest BCUT2D eigenvalue weighted by Gasteiger charge is 2.16. The molecule has 0 aliphatic rings. The maximum atomic E-state index is 10.1. The fraction of sp³-hybridized carbons (Fsp3) is 0. The molecule has 0 aliphatic carbocycles. The van der Waals surface area contributed by atoms with Gasteiger partial charge in [0.2, 0.25) is 0 Å². The average molecular weight is 397 g/mol. The van der Waals surface area contributed by atoms with Crippen molar-refractivity contribution >= 4 is 39.9 Å². The molecule has 0 atom stereocenters. The van der Waals surface area contributed by atoms with Crippen molar-refractivity contribution in [2.45, 2.75) is 0 Å². The van der Waals surface area contributed by atoms with E-state index in [0.29, 0.717) is 32.7 Å². The van der Waals surface area contributed by atoms with E-state index in [9.17, 15) is 5.11 Å². The molecule has 0 unspecified atom stereocenters. The van der Waals surface area contributed by atoms with Crippen molar-refractivity contribution in [2.75, 3.05) is 0 Å². The number of hydrogen-bond acceptors (Lipinski definition) is 5. The van der Waals surface area contributed by atoms with Gasteiger partial charge in [-0.15, -0.1) is 5.10 Å². The van der Waals surface area contributed by atoms with Crippen LogP contribution < -0.4 is 0 Å². The van der Waals surface area contributed by atoms with Gasteiger partial charge >= 0.3 is 0 Å². The van der Waals surface area contributed by atoms with Gasteiger partial charge in [0.15, 0.2) is 17.1 Å². The number of phenolic OH excluding ortho intramolecular Hbond substituents is 1. The van der Waals surface area contributed by atoms with Gasteiger partial charge in [-0.3, -0.25) is 0 Å². The van der Waals surface area contributed by atoms with E-state index in [1.165, 1.54) is 0 Å². The Kier molecular flexibility index (Phi) is 3.53. The van der Waals surface area contributed by atoms with Gasteiger partial charge in [-0.05, 0) is 30.3 Å². The minimum atomic E-state index is 0.115. The van der Waals surface area contributed by atoms with Crippen LogP contribution in [0.15, 0.2) is 55.0 Å². The summed E-state index contributed by atoms with van der Waals surface area (Å²) in [6.45, 7) is 0. The van der Waals surface area contributed by atoms with Crippen LogP contribution in [-0.2, 0) is 0 Å². The van der Waals surface area contributed by atoms with Crippen LogP contribution >= 0.6 is 23.2 Å². The van der Waals surface area contributed by atoms with Gasteiger partial charge in [0, 0.05) is 0 Å². The van der Waals surface area contributed by atoms with E-state index in [1.807, 2.05) is 12.1 Å². The molecule has 0 aliphatic heterocycles. The summed E-state index contributed by atoms with van der Waals surface area (Å²) < 4.78 is 3.22. The summed E-state index contributed by atoms with van der Waals surface area (Å²) in [4.78, 5) is 9.01. The minimum Gasteiger partial charge on any atom is -0.507 e. The fourth-order valence-electron chi connectivity index (χ4n) is 2.90. The zero-order valence-corrected chi connectivity index (χ0v) is 15.1. The molecule has 1 N–H and O–H groups in total. The zero-order chi connectivity index (χ0) is 18.5. The van der Waals surface area contributed by atoms with Crippen LogP contribution in [0.25, 0.3) is 33.8 Å². The highest BCUT2D eigenvalue weighted by Crippen LogP contribution is 2.29. The van der Waals surface area contributed by atoms with Gasteiger partial charge in [0.1, 0.15) is 12.1 Å². The van der Waals surface area contributed by atoms with E-state index in [0.717, 1.165) is 11.1 Å². The second kappa shape index (κ2) is 5.94. The number of benzene rings is 2. The van der Waals surface area contributed by atoms with E-state index in [-0.39, 0.29) is 5.75 Å². The second-order valence-electron chi connectivity index (χ2n) is 5.86. The lowest BCUT2D eigenvalue weighted by Crippen LogP contribution is -1.99. The largest absolute Gasteiger partial charge is 0.507 e. The fourth-order valence-corrected chi connectivity index (χ4v) is 3.20. The molecule has 5 rings (SSSR count). The van der Waals surface area contributed by atoms with Crippen LogP contribution in [-0.4, -0.2) is 34.5 Å². The molecule has 9 heteroatoms. The molecule has 0 bridgehead atoms. The van der Waals surface area contributed by atoms with Gasteiger partial charge in [0.05, 0.1) is 32.9 Å². The highest BCUT2D eigenvalue weighted by molar-refractivity contribution is 6.42. The smallest absolute Gasteiger partial charge is 0.185 e. The minimum absolute atomic E-state index is 0.115. The highest BCUT2D eigenvalue weighted by atomic mass is 35.5. The third-order valence-corrected chi connectivity index (χ3v) is 4.94. The Labute approximate surface area is 162 Å². The lowest BCUT2D eigenvalue weighted by Gasteiger charge is -2.04. The third kappa shape index (κ3) is 2.51. The normalized spacial score (nSPS) is 11.5. The second-order valence-corrected chi connectivity index (χ2v) is 6.67. The van der Waals surface area contributed by atoms with Crippen molar-refractivity contribution in [2.24, 2.45) is 0 Å². The summed E-state index contributed by atoms with van der Waals surface area (Å²) >= 11 is 12.1. The van der Waals surface area contributed by atoms with Crippen LogP contribution in [0, 0.1) is 0 Å². The molecule has 27 heavy (non-hydrogen) atoms. The van der Waals surface area contributed by atoms with Crippen molar-refractivity contribution in [3.63, 3.8) is 0 Å². The Morgan fingerprint density at radius 3 is 2.63 bits per heavy atom. The van der Waals surface area contributed by atoms with Crippen LogP contribution in [0.2, 0.25) is 10.0 Å². The van der Waals surface area contributed by atoms with E-state index < -0.39 is 0 Å². The number of phenols is 1. The summed E-state index contributed by atoms with van der Waals surface area (Å²) in [6, 6.07) is 12.2. The average Bonchev–Trinajstić information content (AvgIpc) is 3.28. The van der Waals surface area contributed by atoms with Crippen molar-refractivity contribution in [1.29, 1.82) is 0 Å². The van der Waals surface area contributed by atoms with Crippen LogP contribution in [0.3, 0.4) is 0 Å². The first-order chi connectivity index (χ1) is 13.1. The summed E-state index contributed by atoms with van der Waals surface area (Å²) in [5.74, 6) is 0.522. The molecule has 3 heterocycles. The molecule has 3 aromatic heterocycles. The van der Waals surface area contributed by atoms with Gasteiger partial charge < -0.3 is 5.11 Å². The summed E-state index contributed by atoms with van der Waals surface area (Å²) in [5, 5.41) is 20.5. The molecule has 2 aromatic carbocycles. The van der Waals surface area contributed by atoms with Gasteiger partial charge in [-0.1, -0.05) is 35.3 Å². The molecule has 132 valence electrons. The number of halogens is 2. The van der Waals surface area contributed by atoms with Crippen molar-refractivity contribution in [1.82, 2.24) is 29.4 Å². The number of fused-ring (bicyclic) bond motifs is 3. The van der Waals surface area contributed by atoms with Crippen LogP contribution in [0.1, 0.15) is 0 Å². The summed E-state index contributed by atoms with van der Waals surface area (Å²) in [6.07, 6.45) is 3.23. The number of para-hydroxylation sites is 1. The molecule has 7 nitrogen and oxygen atoms in total. The van der Waals surface area contributed by atoms with Crippen molar-refractivity contribution in [3.05, 3.63) is 65.0 Å². The van der Waals surface area contributed by atoms with E-state index >= 15 is 0 Å². The number of nitrogens with zero attached hydrogens (tertiary/aromatic N) is 6. The van der Waals surface area contributed by atoms with Crippen molar-refractivity contribution in [3.8, 4) is 22.8 Å². The summed E-state index contributed by atoms with van der Waals surface area (Å²) in [5.41, 5.74) is 2.48. The first kappa shape index (κ1) is 16.0. The van der Waals surface area contributed by atoms with E-state index in [2.05, 4.69) is 20.2 Å². The number of rotatable bonds is 2. The molecule has 0 saturated heterocycles. The Morgan fingerprint density at radius 2 is 1.81 bits per heavy atom. The van der Waals surface area contributed by atoms with Crippen LogP contribution in [0.5, 0.6) is 5.75 Å². The SMILES string of the molecule is Oc1ccccc1-c1nc2c3cnn(-c4ccc(Cl)c(Cl)c4)c3ncn2n1. The first-order valence-electron chi connectivity index (χ1n) is 7.95. The predicted molar refractivity (Wildman–Crippen MR) is 103 cm³/mol. The van der Waals surface area contributed by atoms with Gasteiger partial charge in [-0.2, -0.15) is 5.10 Å². The number of aromatic hydroxyl groups is 1. The molecule has 0 fully saturated rings. The van der Waals surface area contributed by atoms with E-state index in [4.69, 9.17) is 23.2 Å². The predicted octanol–water partition coefficient (Wildman–Crippen LogP) is 4.14. The first-order valence-corrected chi connectivity index (χ1v) is 8.70. The number of aromatic nitrogens is 6. The molecule has 0 spiro atoms. The topological polar surface area (TPSA) is 81.1 Å². The lowest BCUT2D eigenvalue weighted by molar-refractivity contribution is 0.477. The lowest BCUT2D eigenvalue weighted by atomic mass is 10.2. The van der Waals surface area contributed by atoms with E-state index in [1.54, 1.807) is 52.1 Å². The maximum Gasteiger partial charge on any atom is 0.185 e.